The highest BCUT2D eigenvalue weighted by Crippen LogP contribution is 2.22. The fraction of sp³-hybridized carbons (Fsp3) is 0.556. The lowest BCUT2D eigenvalue weighted by molar-refractivity contribution is -0.162. The number of halogens is 1. The number of allylic oxidation sites excluding steroid dienone is 1. The first kappa shape index (κ1) is 17.9. The van der Waals surface area contributed by atoms with Crippen molar-refractivity contribution in [2.75, 3.05) is 13.2 Å². The zero-order valence-corrected chi connectivity index (χ0v) is 16.3. The van der Waals surface area contributed by atoms with Crippen LogP contribution in [-0.4, -0.2) is 27.6 Å². The molecule has 122 valence electrons. The van der Waals surface area contributed by atoms with Gasteiger partial charge in [-0.2, -0.15) is 0 Å². The van der Waals surface area contributed by atoms with Crippen LogP contribution in [0.2, 0.25) is 13.1 Å². The topological polar surface area (TPSA) is 18.5 Å². The average molecular weight is 383 g/mol. The van der Waals surface area contributed by atoms with E-state index in [0.29, 0.717) is 0 Å². The smallest absolute Gasteiger partial charge is 0.157 e. The number of ether oxygens (including phenoxy) is 2. The lowest BCUT2D eigenvalue weighted by Crippen LogP contribution is -2.42. The summed E-state index contributed by atoms with van der Waals surface area (Å²) >= 11 is 3.82. The summed E-state index contributed by atoms with van der Waals surface area (Å²) in [6.45, 7) is 6.41. The summed E-state index contributed by atoms with van der Waals surface area (Å²) in [7, 11) is -1.56. The van der Waals surface area contributed by atoms with E-state index in [2.05, 4.69) is 65.4 Å². The van der Waals surface area contributed by atoms with Gasteiger partial charge >= 0.3 is 0 Å². The quantitative estimate of drug-likeness (QED) is 0.500. The summed E-state index contributed by atoms with van der Waals surface area (Å²) in [6.07, 6.45) is 7.93. The molecule has 1 aromatic carbocycles. The molecule has 0 amide bonds. The number of hydrogen-bond acceptors (Lipinski definition) is 2. The molecule has 1 fully saturated rings. The SMILES string of the molecule is C[Si](C)(/C(Br)=C\CCCOC1CCCCO1)c1ccccc1. The molecule has 1 aromatic rings. The minimum Gasteiger partial charge on any atom is -0.353 e. The largest absolute Gasteiger partial charge is 0.353 e. The van der Waals surface area contributed by atoms with Gasteiger partial charge in [-0.1, -0.05) is 70.6 Å². The zero-order valence-electron chi connectivity index (χ0n) is 13.7. The first-order valence-electron chi connectivity index (χ1n) is 8.25. The van der Waals surface area contributed by atoms with Crippen LogP contribution in [0.4, 0.5) is 0 Å². The predicted octanol–water partition coefficient (Wildman–Crippen LogP) is 4.74. The van der Waals surface area contributed by atoms with Gasteiger partial charge in [-0.05, 0) is 36.2 Å². The summed E-state index contributed by atoms with van der Waals surface area (Å²) in [5.74, 6) is 0. The van der Waals surface area contributed by atoms with Gasteiger partial charge in [0.1, 0.15) is 8.07 Å². The second kappa shape index (κ2) is 9.01. The highest BCUT2D eigenvalue weighted by Gasteiger charge is 2.26. The van der Waals surface area contributed by atoms with E-state index in [1.165, 1.54) is 22.1 Å². The molecule has 4 heteroatoms. The maximum atomic E-state index is 5.78. The predicted molar refractivity (Wildman–Crippen MR) is 99.3 cm³/mol. The van der Waals surface area contributed by atoms with E-state index in [-0.39, 0.29) is 6.29 Å². The Bertz CT molecular complexity index is 467. The third kappa shape index (κ3) is 5.34. The minimum atomic E-state index is -1.56. The van der Waals surface area contributed by atoms with E-state index in [4.69, 9.17) is 9.47 Å². The third-order valence-electron chi connectivity index (χ3n) is 4.21. The summed E-state index contributed by atoms with van der Waals surface area (Å²) < 4.78 is 12.7. The van der Waals surface area contributed by atoms with E-state index in [0.717, 1.165) is 32.5 Å². The zero-order chi connectivity index (χ0) is 15.8. The third-order valence-corrected chi connectivity index (χ3v) is 10.7. The molecule has 2 rings (SSSR count). The molecule has 2 nitrogen and oxygen atoms in total. The fourth-order valence-electron chi connectivity index (χ4n) is 2.62. The Morgan fingerprint density at radius 2 is 2.09 bits per heavy atom. The molecule has 0 aliphatic carbocycles. The Morgan fingerprint density at radius 3 is 2.77 bits per heavy atom. The molecule has 0 saturated carbocycles. The van der Waals surface area contributed by atoms with Crippen molar-refractivity contribution in [3.8, 4) is 0 Å². The Morgan fingerprint density at radius 1 is 1.32 bits per heavy atom. The van der Waals surface area contributed by atoms with Gasteiger partial charge in [-0.15, -0.1) is 0 Å². The second-order valence-electron chi connectivity index (χ2n) is 6.35. The standard InChI is InChI=1S/C18H27BrO2Si/c1-22(2,16-10-4-3-5-11-16)17(19)12-6-8-14-20-18-13-7-9-15-21-18/h3-5,10-12,18H,6-9,13-15H2,1-2H3/b17-12-. The van der Waals surface area contributed by atoms with Crippen LogP contribution in [0.5, 0.6) is 0 Å². The second-order valence-corrected chi connectivity index (χ2v) is 12.3. The molecule has 0 aromatic heterocycles. The van der Waals surface area contributed by atoms with Gasteiger partial charge < -0.3 is 9.47 Å². The lowest BCUT2D eigenvalue weighted by Gasteiger charge is -2.23. The Hall–Kier alpha value is -0.423. The Labute approximate surface area is 144 Å². The number of benzene rings is 1. The molecule has 1 heterocycles. The molecular formula is C18H27BrO2Si. The van der Waals surface area contributed by atoms with E-state index < -0.39 is 8.07 Å². The molecule has 0 spiro atoms. The molecule has 0 bridgehead atoms. The van der Waals surface area contributed by atoms with Crippen LogP contribution in [0.15, 0.2) is 40.5 Å². The highest BCUT2D eigenvalue weighted by molar-refractivity contribution is 9.12. The Kier molecular flexibility index (Phi) is 7.34. The minimum absolute atomic E-state index is 0.0382. The molecule has 0 N–H and O–H groups in total. The number of unbranched alkanes of at least 4 members (excludes halogenated alkanes) is 1. The van der Waals surface area contributed by atoms with Crippen LogP contribution >= 0.6 is 15.9 Å². The van der Waals surface area contributed by atoms with Crippen molar-refractivity contribution >= 4 is 29.2 Å². The maximum Gasteiger partial charge on any atom is 0.157 e. The molecule has 1 saturated heterocycles. The molecule has 1 aliphatic heterocycles. The molecule has 1 aliphatic rings. The number of rotatable bonds is 7. The Balaban J connectivity index is 1.75. The van der Waals surface area contributed by atoms with Crippen LogP contribution in [-0.2, 0) is 9.47 Å². The monoisotopic (exact) mass is 382 g/mol. The van der Waals surface area contributed by atoms with Gasteiger partial charge in [-0.3, -0.25) is 0 Å². The highest BCUT2D eigenvalue weighted by atomic mass is 79.9. The molecule has 1 atom stereocenters. The van der Waals surface area contributed by atoms with Gasteiger partial charge in [-0.25, -0.2) is 0 Å². The van der Waals surface area contributed by atoms with Crippen molar-refractivity contribution in [2.24, 2.45) is 0 Å². The van der Waals surface area contributed by atoms with Crippen LogP contribution in [0.25, 0.3) is 0 Å². The molecular weight excluding hydrogens is 356 g/mol. The van der Waals surface area contributed by atoms with Crippen LogP contribution < -0.4 is 5.19 Å². The van der Waals surface area contributed by atoms with E-state index in [1.807, 2.05) is 0 Å². The van der Waals surface area contributed by atoms with Crippen molar-refractivity contribution in [1.29, 1.82) is 0 Å². The van der Waals surface area contributed by atoms with E-state index in [9.17, 15) is 0 Å². The summed E-state index contributed by atoms with van der Waals surface area (Å²) in [5, 5.41) is 1.46. The summed E-state index contributed by atoms with van der Waals surface area (Å²) in [5.41, 5.74) is 0. The van der Waals surface area contributed by atoms with Gasteiger partial charge in [0, 0.05) is 6.61 Å². The normalized spacial score (nSPS) is 20.1. The van der Waals surface area contributed by atoms with Crippen LogP contribution in [0.3, 0.4) is 0 Å². The van der Waals surface area contributed by atoms with E-state index >= 15 is 0 Å². The van der Waals surface area contributed by atoms with E-state index in [1.54, 1.807) is 0 Å². The summed E-state index contributed by atoms with van der Waals surface area (Å²) in [6, 6.07) is 10.8. The van der Waals surface area contributed by atoms with Crippen molar-refractivity contribution in [1.82, 2.24) is 0 Å². The average Bonchev–Trinajstić information content (AvgIpc) is 2.56. The van der Waals surface area contributed by atoms with Crippen molar-refractivity contribution in [3.63, 3.8) is 0 Å². The van der Waals surface area contributed by atoms with Crippen molar-refractivity contribution in [2.45, 2.75) is 51.5 Å². The van der Waals surface area contributed by atoms with Crippen LogP contribution in [0, 0.1) is 0 Å². The molecule has 0 radical (unpaired) electrons. The number of hydrogen-bond donors (Lipinski definition) is 0. The van der Waals surface area contributed by atoms with Gasteiger partial charge in [0.2, 0.25) is 0 Å². The van der Waals surface area contributed by atoms with Crippen LogP contribution in [0.1, 0.15) is 32.1 Å². The van der Waals surface area contributed by atoms with Gasteiger partial charge in [0.25, 0.3) is 0 Å². The maximum absolute atomic E-state index is 5.78. The van der Waals surface area contributed by atoms with Crippen molar-refractivity contribution in [3.05, 3.63) is 40.5 Å². The first-order valence-corrected chi connectivity index (χ1v) is 12.0. The molecule has 1 unspecified atom stereocenters. The van der Waals surface area contributed by atoms with Gasteiger partial charge in [0.05, 0.1) is 6.61 Å². The summed E-state index contributed by atoms with van der Waals surface area (Å²) in [4.78, 5) is 0. The van der Waals surface area contributed by atoms with Gasteiger partial charge in [0.15, 0.2) is 6.29 Å². The molecule has 22 heavy (non-hydrogen) atoms. The fourth-order valence-corrected chi connectivity index (χ4v) is 5.49. The lowest BCUT2D eigenvalue weighted by atomic mass is 10.2. The van der Waals surface area contributed by atoms with Crippen molar-refractivity contribution < 1.29 is 9.47 Å². The first-order chi connectivity index (χ1) is 10.6.